The van der Waals surface area contributed by atoms with Crippen LogP contribution in [0.2, 0.25) is 0 Å². The Hall–Kier alpha value is -3.39. The average molecular weight is 457 g/mol. The van der Waals surface area contributed by atoms with Crippen LogP contribution in [0.5, 0.6) is 5.75 Å². The number of halogens is 1. The molecule has 0 aliphatic carbocycles. The minimum atomic E-state index is -3.52. The summed E-state index contributed by atoms with van der Waals surface area (Å²) < 4.78 is 44.4. The molecule has 0 aliphatic rings. The minimum Gasteiger partial charge on any atom is -0.494 e. The molecule has 32 heavy (non-hydrogen) atoms. The van der Waals surface area contributed by atoms with Crippen LogP contribution in [-0.2, 0) is 23.1 Å². The van der Waals surface area contributed by atoms with E-state index in [-0.39, 0.29) is 24.8 Å². The highest BCUT2D eigenvalue weighted by Gasteiger charge is 2.18. The fourth-order valence-electron chi connectivity index (χ4n) is 3.09. The lowest BCUT2D eigenvalue weighted by Crippen LogP contribution is -2.29. The summed E-state index contributed by atoms with van der Waals surface area (Å²) in [5, 5.41) is 2.78. The van der Waals surface area contributed by atoms with E-state index in [0.717, 1.165) is 17.4 Å². The molecule has 0 aromatic heterocycles. The van der Waals surface area contributed by atoms with Crippen molar-refractivity contribution in [3.8, 4) is 5.75 Å². The van der Waals surface area contributed by atoms with Crippen LogP contribution in [0.3, 0.4) is 0 Å². The molecule has 0 aliphatic heterocycles. The van der Waals surface area contributed by atoms with Gasteiger partial charge >= 0.3 is 0 Å². The van der Waals surface area contributed by atoms with Gasteiger partial charge in [0.1, 0.15) is 11.6 Å². The fraction of sp³-hybridized carbons (Fsp3) is 0.208. The Labute approximate surface area is 187 Å². The number of carbonyl (C=O) groups excluding carboxylic acids is 1. The third-order valence-corrected chi connectivity index (χ3v) is 5.89. The van der Waals surface area contributed by atoms with Crippen molar-refractivity contribution in [2.24, 2.45) is 0 Å². The summed E-state index contributed by atoms with van der Waals surface area (Å²) in [6, 6.07) is 19.5. The van der Waals surface area contributed by atoms with Gasteiger partial charge in [-0.25, -0.2) is 12.8 Å². The minimum absolute atomic E-state index is 0.129. The lowest BCUT2D eigenvalue weighted by molar-refractivity contribution is 0.0951. The zero-order valence-electron chi connectivity index (χ0n) is 17.9. The third-order valence-electron chi connectivity index (χ3n) is 4.74. The maximum atomic E-state index is 13.0. The Morgan fingerprint density at radius 2 is 1.53 bits per heavy atom. The van der Waals surface area contributed by atoms with E-state index in [0.29, 0.717) is 23.6 Å². The van der Waals surface area contributed by atoms with E-state index in [1.807, 2.05) is 6.92 Å². The second kappa shape index (κ2) is 10.3. The number of ether oxygens (including phenoxy) is 1. The molecule has 6 nitrogen and oxygen atoms in total. The molecule has 0 saturated heterocycles. The molecule has 3 aromatic rings. The number of anilines is 1. The molecular weight excluding hydrogens is 431 g/mol. The third kappa shape index (κ3) is 6.31. The lowest BCUT2D eigenvalue weighted by atomic mass is 10.1. The van der Waals surface area contributed by atoms with Crippen LogP contribution in [0.4, 0.5) is 10.1 Å². The van der Waals surface area contributed by atoms with E-state index >= 15 is 0 Å². The van der Waals surface area contributed by atoms with Crippen LogP contribution in [0, 0.1) is 5.82 Å². The molecule has 0 saturated carbocycles. The standard InChI is InChI=1S/C24H25FN2O4S/c1-3-31-23-14-12-22(13-15-23)27(32(2,29)30)17-19-4-8-20(9-5-19)24(28)26-16-18-6-10-21(25)11-7-18/h4-15H,3,16-17H2,1-2H3,(H,26,28). The van der Waals surface area contributed by atoms with Gasteiger partial charge < -0.3 is 10.1 Å². The summed E-state index contributed by atoms with van der Waals surface area (Å²) in [6.07, 6.45) is 1.15. The molecule has 0 atom stereocenters. The summed E-state index contributed by atoms with van der Waals surface area (Å²) in [5.74, 6) is 0.0668. The molecule has 8 heteroatoms. The molecule has 168 valence electrons. The van der Waals surface area contributed by atoms with Gasteiger partial charge in [0.05, 0.1) is 25.1 Å². The van der Waals surface area contributed by atoms with Crippen LogP contribution in [0.15, 0.2) is 72.8 Å². The van der Waals surface area contributed by atoms with Gasteiger partial charge in [-0.15, -0.1) is 0 Å². The highest BCUT2D eigenvalue weighted by molar-refractivity contribution is 7.92. The number of nitrogens with one attached hydrogen (secondary N) is 1. The van der Waals surface area contributed by atoms with Crippen LogP contribution in [-0.4, -0.2) is 27.2 Å². The highest BCUT2D eigenvalue weighted by atomic mass is 32.2. The second-order valence-electron chi connectivity index (χ2n) is 7.20. The smallest absolute Gasteiger partial charge is 0.251 e. The van der Waals surface area contributed by atoms with Crippen LogP contribution >= 0.6 is 0 Å². The maximum absolute atomic E-state index is 13.0. The second-order valence-corrected chi connectivity index (χ2v) is 9.11. The molecule has 3 rings (SSSR count). The number of rotatable bonds is 9. The summed E-state index contributed by atoms with van der Waals surface area (Å²) in [6.45, 7) is 2.81. The highest BCUT2D eigenvalue weighted by Crippen LogP contribution is 2.24. The van der Waals surface area contributed by atoms with Crippen molar-refractivity contribution >= 4 is 21.6 Å². The predicted octanol–water partition coefficient (Wildman–Crippen LogP) is 4.12. The first kappa shape index (κ1) is 23.3. The summed E-state index contributed by atoms with van der Waals surface area (Å²) >= 11 is 0. The zero-order valence-corrected chi connectivity index (χ0v) is 18.7. The number of amides is 1. The van der Waals surface area contributed by atoms with E-state index < -0.39 is 10.0 Å². The van der Waals surface area contributed by atoms with Crippen molar-refractivity contribution in [3.63, 3.8) is 0 Å². The van der Waals surface area contributed by atoms with Gasteiger partial charge in [-0.05, 0) is 66.6 Å². The number of sulfonamides is 1. The van der Waals surface area contributed by atoms with Gasteiger partial charge in [-0.3, -0.25) is 9.10 Å². The maximum Gasteiger partial charge on any atom is 0.251 e. The van der Waals surface area contributed by atoms with Crippen LogP contribution in [0.1, 0.15) is 28.4 Å². The molecule has 3 aromatic carbocycles. The van der Waals surface area contributed by atoms with E-state index in [1.165, 1.54) is 16.4 Å². The van der Waals surface area contributed by atoms with Gasteiger partial charge in [-0.1, -0.05) is 24.3 Å². The average Bonchev–Trinajstić information content (AvgIpc) is 2.77. The van der Waals surface area contributed by atoms with Gasteiger partial charge in [-0.2, -0.15) is 0 Å². The predicted molar refractivity (Wildman–Crippen MR) is 123 cm³/mol. The quantitative estimate of drug-likeness (QED) is 0.526. The van der Waals surface area contributed by atoms with Crippen molar-refractivity contribution in [1.82, 2.24) is 5.32 Å². The summed E-state index contributed by atoms with van der Waals surface area (Å²) in [5.41, 5.74) is 2.50. The van der Waals surface area contributed by atoms with Crippen molar-refractivity contribution < 1.29 is 22.3 Å². The molecule has 0 fully saturated rings. The largest absolute Gasteiger partial charge is 0.494 e. The SMILES string of the molecule is CCOc1ccc(N(Cc2ccc(C(=O)NCc3ccc(F)cc3)cc2)S(C)(=O)=O)cc1. The molecule has 0 radical (unpaired) electrons. The van der Waals surface area contributed by atoms with Crippen molar-refractivity contribution in [1.29, 1.82) is 0 Å². The Kier molecular flexibility index (Phi) is 7.48. The Balaban J connectivity index is 1.67. The number of carbonyl (C=O) groups is 1. The number of benzene rings is 3. The van der Waals surface area contributed by atoms with E-state index in [2.05, 4.69) is 5.32 Å². The number of hydrogen-bond acceptors (Lipinski definition) is 4. The topological polar surface area (TPSA) is 75.7 Å². The number of nitrogens with zero attached hydrogens (tertiary/aromatic N) is 1. The lowest BCUT2D eigenvalue weighted by Gasteiger charge is -2.23. The monoisotopic (exact) mass is 456 g/mol. The Bertz CT molecular complexity index is 1150. The molecule has 0 bridgehead atoms. The van der Waals surface area contributed by atoms with Gasteiger partial charge in [0, 0.05) is 12.1 Å². The van der Waals surface area contributed by atoms with Gasteiger partial charge in [0.25, 0.3) is 5.91 Å². The Morgan fingerprint density at radius 3 is 2.09 bits per heavy atom. The van der Waals surface area contributed by atoms with Gasteiger partial charge in [0.2, 0.25) is 10.0 Å². The zero-order chi connectivity index (χ0) is 23.1. The molecule has 0 heterocycles. The van der Waals surface area contributed by atoms with Crippen LogP contribution < -0.4 is 14.4 Å². The number of hydrogen-bond donors (Lipinski definition) is 1. The summed E-state index contributed by atoms with van der Waals surface area (Å²) in [7, 11) is -3.52. The first-order chi connectivity index (χ1) is 15.3. The molecular formula is C24H25FN2O4S. The van der Waals surface area contributed by atoms with Crippen LogP contribution in [0.25, 0.3) is 0 Å². The van der Waals surface area contributed by atoms with E-state index in [9.17, 15) is 17.6 Å². The molecule has 0 unspecified atom stereocenters. The molecule has 1 N–H and O–H groups in total. The van der Waals surface area contributed by atoms with Crippen molar-refractivity contribution in [2.45, 2.75) is 20.0 Å². The van der Waals surface area contributed by atoms with Crippen molar-refractivity contribution in [2.75, 3.05) is 17.2 Å². The normalized spacial score (nSPS) is 11.1. The molecule has 1 amide bonds. The Morgan fingerprint density at radius 1 is 0.938 bits per heavy atom. The first-order valence-electron chi connectivity index (χ1n) is 10.1. The van der Waals surface area contributed by atoms with E-state index in [4.69, 9.17) is 4.74 Å². The van der Waals surface area contributed by atoms with Gasteiger partial charge in [0.15, 0.2) is 0 Å². The molecule has 0 spiro atoms. The van der Waals surface area contributed by atoms with Crippen molar-refractivity contribution in [3.05, 3.63) is 95.3 Å². The fourth-order valence-corrected chi connectivity index (χ4v) is 3.98. The first-order valence-corrected chi connectivity index (χ1v) is 11.9. The summed E-state index contributed by atoms with van der Waals surface area (Å²) in [4.78, 5) is 12.4. The van der Waals surface area contributed by atoms with E-state index in [1.54, 1.807) is 60.7 Å².